The van der Waals surface area contributed by atoms with Gasteiger partial charge in [0, 0.05) is 27.2 Å². The van der Waals surface area contributed by atoms with Gasteiger partial charge in [0.05, 0.1) is 11.1 Å². The van der Waals surface area contributed by atoms with Gasteiger partial charge in [0.15, 0.2) is 5.78 Å². The Morgan fingerprint density at radius 3 is 2.66 bits per heavy atom. The number of aliphatic hydroxyl groups is 1. The van der Waals surface area contributed by atoms with E-state index in [-0.39, 0.29) is 11.7 Å². The Morgan fingerprint density at radius 2 is 2.00 bits per heavy atom. The summed E-state index contributed by atoms with van der Waals surface area (Å²) < 4.78 is 0. The van der Waals surface area contributed by atoms with Crippen molar-refractivity contribution in [2.24, 2.45) is 5.92 Å². The molecule has 0 unspecified atom stereocenters. The fraction of sp³-hybridized carbons (Fsp3) is 0.400. The molecule has 0 radical (unpaired) electrons. The molecule has 1 aromatic heterocycles. The molecule has 4 heteroatoms. The van der Waals surface area contributed by atoms with Crippen molar-refractivity contribution in [1.29, 1.82) is 0 Å². The van der Waals surface area contributed by atoms with Gasteiger partial charge in [0.25, 0.3) is 0 Å². The molecule has 0 saturated heterocycles. The summed E-state index contributed by atoms with van der Waals surface area (Å²) in [7, 11) is 0. The number of halogens is 1. The van der Waals surface area contributed by atoms with Crippen LogP contribution in [0, 0.1) is 19.8 Å². The maximum atomic E-state index is 12.4. The van der Waals surface area contributed by atoms with E-state index < -0.39 is 5.60 Å². The molecule has 1 aliphatic carbocycles. The number of aromatic amines is 1. The Hall–Kier alpha value is -2.10. The molecule has 2 N–H and O–H groups in total. The average molecular weight is 410 g/mol. The van der Waals surface area contributed by atoms with Crippen LogP contribution in [0.4, 0.5) is 0 Å². The van der Waals surface area contributed by atoms with Gasteiger partial charge in [-0.25, -0.2) is 0 Å². The number of benzene rings is 2. The van der Waals surface area contributed by atoms with Gasteiger partial charge in [0.1, 0.15) is 0 Å². The molecule has 152 valence electrons. The minimum absolute atomic E-state index is 0.00190. The molecule has 0 amide bonds. The highest BCUT2D eigenvalue weighted by Gasteiger charge is 2.33. The summed E-state index contributed by atoms with van der Waals surface area (Å²) in [5.41, 5.74) is 7.67. The Balaban J connectivity index is 2.05. The maximum Gasteiger partial charge on any atom is 0.161 e. The molecular weight excluding hydrogens is 382 g/mol. The SMILES string of the molecule is CC(=O)c1cc(Cl)c(-c2cccc(C)c2C)c2c3c([nH]c12)C[C@@H](C(C)(C)O)CC3. The minimum atomic E-state index is -0.730. The topological polar surface area (TPSA) is 53.1 Å². The molecule has 29 heavy (non-hydrogen) atoms. The first-order valence-corrected chi connectivity index (χ1v) is 10.6. The maximum absolute atomic E-state index is 12.4. The molecule has 1 atom stereocenters. The standard InChI is InChI=1S/C25H28ClNO2/c1-13-7-6-8-17(14(13)2)22-20(26)12-19(15(3)28)24-23(22)18-10-9-16(25(4,5)29)11-21(18)27-24/h6-8,12,16,27,29H,9-11H2,1-5H3/t16-/m0/s1. The van der Waals surface area contributed by atoms with Crippen molar-refractivity contribution in [2.75, 3.05) is 0 Å². The van der Waals surface area contributed by atoms with E-state index in [9.17, 15) is 9.90 Å². The Bertz CT molecular complexity index is 1130. The first kappa shape index (κ1) is 20.2. The number of aromatic nitrogens is 1. The smallest absolute Gasteiger partial charge is 0.161 e. The molecule has 3 aromatic rings. The molecule has 0 spiro atoms. The van der Waals surface area contributed by atoms with Crippen LogP contribution in [-0.2, 0) is 12.8 Å². The van der Waals surface area contributed by atoms with Crippen LogP contribution in [0.3, 0.4) is 0 Å². The fourth-order valence-corrected chi connectivity index (χ4v) is 5.05. The highest BCUT2D eigenvalue weighted by atomic mass is 35.5. The van der Waals surface area contributed by atoms with E-state index in [0.717, 1.165) is 47.0 Å². The molecule has 0 fully saturated rings. The summed E-state index contributed by atoms with van der Waals surface area (Å²) in [6.45, 7) is 9.57. The van der Waals surface area contributed by atoms with Crippen LogP contribution in [0.25, 0.3) is 22.0 Å². The highest BCUT2D eigenvalue weighted by molar-refractivity contribution is 6.36. The van der Waals surface area contributed by atoms with E-state index >= 15 is 0 Å². The number of carbonyl (C=O) groups is 1. The zero-order chi connectivity index (χ0) is 21.1. The van der Waals surface area contributed by atoms with Crippen molar-refractivity contribution in [2.45, 2.75) is 59.5 Å². The number of aryl methyl sites for hydroxylation is 2. The number of H-pyrrole nitrogens is 1. The lowest BCUT2D eigenvalue weighted by Crippen LogP contribution is -2.34. The number of hydrogen-bond acceptors (Lipinski definition) is 2. The van der Waals surface area contributed by atoms with Gasteiger partial charge in [-0.1, -0.05) is 29.8 Å². The van der Waals surface area contributed by atoms with Crippen LogP contribution in [0.15, 0.2) is 24.3 Å². The van der Waals surface area contributed by atoms with E-state index in [4.69, 9.17) is 11.6 Å². The number of fused-ring (bicyclic) bond motifs is 3. The van der Waals surface area contributed by atoms with Gasteiger partial charge in [-0.3, -0.25) is 4.79 Å². The zero-order valence-electron chi connectivity index (χ0n) is 17.7. The van der Waals surface area contributed by atoms with E-state index in [1.54, 1.807) is 13.0 Å². The Morgan fingerprint density at radius 1 is 1.28 bits per heavy atom. The predicted molar refractivity (Wildman–Crippen MR) is 120 cm³/mol. The van der Waals surface area contributed by atoms with E-state index in [0.29, 0.717) is 10.6 Å². The summed E-state index contributed by atoms with van der Waals surface area (Å²) in [5, 5.41) is 12.2. The molecular formula is C25H28ClNO2. The lowest BCUT2D eigenvalue weighted by atomic mass is 9.77. The highest BCUT2D eigenvalue weighted by Crippen LogP contribution is 2.45. The van der Waals surface area contributed by atoms with Crippen molar-refractivity contribution >= 4 is 28.3 Å². The van der Waals surface area contributed by atoms with E-state index in [2.05, 4.69) is 37.0 Å². The van der Waals surface area contributed by atoms with Crippen molar-refractivity contribution in [1.82, 2.24) is 4.98 Å². The largest absolute Gasteiger partial charge is 0.390 e. The normalized spacial score (nSPS) is 16.9. The van der Waals surface area contributed by atoms with Gasteiger partial charge in [-0.2, -0.15) is 0 Å². The second kappa shape index (κ2) is 7.00. The van der Waals surface area contributed by atoms with Crippen LogP contribution in [0.1, 0.15) is 59.9 Å². The number of rotatable bonds is 3. The Kier molecular flexibility index (Phi) is 4.87. The third-order valence-corrected chi connectivity index (χ3v) is 6.96. The molecule has 4 rings (SSSR count). The van der Waals surface area contributed by atoms with Gasteiger partial charge >= 0.3 is 0 Å². The third kappa shape index (κ3) is 3.31. The first-order chi connectivity index (χ1) is 13.6. The van der Waals surface area contributed by atoms with Crippen LogP contribution in [0.5, 0.6) is 0 Å². The summed E-state index contributed by atoms with van der Waals surface area (Å²) >= 11 is 6.81. The quantitative estimate of drug-likeness (QED) is 0.507. The summed E-state index contributed by atoms with van der Waals surface area (Å²) in [5.74, 6) is 0.186. The average Bonchev–Trinajstić information content (AvgIpc) is 3.01. The van der Waals surface area contributed by atoms with Crippen LogP contribution >= 0.6 is 11.6 Å². The van der Waals surface area contributed by atoms with Crippen LogP contribution in [-0.4, -0.2) is 21.5 Å². The molecule has 3 nitrogen and oxygen atoms in total. The van der Waals surface area contributed by atoms with Gasteiger partial charge in [-0.15, -0.1) is 0 Å². The first-order valence-electron chi connectivity index (χ1n) is 10.3. The Labute approximate surface area is 177 Å². The number of ketones is 1. The summed E-state index contributed by atoms with van der Waals surface area (Å²) in [4.78, 5) is 15.9. The molecule has 1 aliphatic rings. The lowest BCUT2D eigenvalue weighted by molar-refractivity contribution is 0.0107. The monoisotopic (exact) mass is 409 g/mol. The molecule has 0 aliphatic heterocycles. The zero-order valence-corrected chi connectivity index (χ0v) is 18.5. The van der Waals surface area contributed by atoms with Crippen molar-refractivity contribution in [3.05, 3.63) is 57.2 Å². The molecule has 1 heterocycles. The van der Waals surface area contributed by atoms with E-state index in [1.807, 2.05) is 13.8 Å². The lowest BCUT2D eigenvalue weighted by Gasteiger charge is -2.32. The number of nitrogens with one attached hydrogen (secondary N) is 1. The summed E-state index contributed by atoms with van der Waals surface area (Å²) in [6, 6.07) is 8.08. The van der Waals surface area contributed by atoms with Crippen molar-refractivity contribution in [3.63, 3.8) is 0 Å². The molecule has 0 saturated carbocycles. The minimum Gasteiger partial charge on any atom is -0.390 e. The third-order valence-electron chi connectivity index (χ3n) is 6.67. The van der Waals surface area contributed by atoms with Gasteiger partial charge in [-0.05, 0) is 88.1 Å². The number of carbonyl (C=O) groups excluding carboxylic acids is 1. The number of Topliss-reactive ketones (excluding diaryl/α,β-unsaturated/α-hetero) is 1. The predicted octanol–water partition coefficient (Wildman–Crippen LogP) is 6.18. The van der Waals surface area contributed by atoms with Gasteiger partial charge < -0.3 is 10.1 Å². The van der Waals surface area contributed by atoms with Crippen molar-refractivity contribution < 1.29 is 9.90 Å². The molecule has 0 bridgehead atoms. The molecule has 2 aromatic carbocycles. The van der Waals surface area contributed by atoms with Crippen LogP contribution < -0.4 is 0 Å². The van der Waals surface area contributed by atoms with Gasteiger partial charge in [0.2, 0.25) is 0 Å². The van der Waals surface area contributed by atoms with Crippen LogP contribution in [0.2, 0.25) is 5.02 Å². The fourth-order valence-electron chi connectivity index (χ4n) is 4.74. The second-order valence-corrected chi connectivity index (χ2v) is 9.42. The van der Waals surface area contributed by atoms with Crippen molar-refractivity contribution in [3.8, 4) is 11.1 Å². The second-order valence-electron chi connectivity index (χ2n) is 9.01. The number of hydrogen-bond donors (Lipinski definition) is 2. The summed E-state index contributed by atoms with van der Waals surface area (Å²) in [6.07, 6.45) is 2.55. The van der Waals surface area contributed by atoms with E-state index in [1.165, 1.54) is 16.7 Å².